The van der Waals surface area contributed by atoms with Crippen LogP contribution in [0.5, 0.6) is 0 Å². The molecule has 0 spiro atoms. The smallest absolute Gasteiger partial charge is 0.222 e. The number of hydrogen-bond donors (Lipinski definition) is 0. The van der Waals surface area contributed by atoms with Gasteiger partial charge in [-0.05, 0) is 45.7 Å². The van der Waals surface area contributed by atoms with Gasteiger partial charge in [0.05, 0.1) is 0 Å². The summed E-state index contributed by atoms with van der Waals surface area (Å²) in [6.45, 7) is 9.73. The summed E-state index contributed by atoms with van der Waals surface area (Å²) in [6, 6.07) is 0.614. The molecule has 2 saturated heterocycles. The quantitative estimate of drug-likeness (QED) is 0.724. The van der Waals surface area contributed by atoms with Crippen LogP contribution >= 0.6 is 0 Å². The highest BCUT2D eigenvalue weighted by Gasteiger charge is 2.33. The number of carbonyl (C=O) groups excluding carboxylic acids is 1. The topological polar surface area (TPSA) is 23.6 Å². The number of rotatable bonds is 4. The van der Waals surface area contributed by atoms with E-state index in [1.54, 1.807) is 0 Å². The summed E-state index contributed by atoms with van der Waals surface area (Å²) in [5.74, 6) is 0.333. The SMILES string of the molecule is [CH2]C(C(CC)N1CCCC1=O)N1CCCC1. The Kier molecular flexibility index (Phi) is 3.85. The standard InChI is InChI=1S/C13H23N2O/c1-3-12(15-10-6-7-13(15)16)11(2)14-8-4-5-9-14/h11-12H,2-10H2,1H3. The van der Waals surface area contributed by atoms with Crippen LogP contribution in [0.1, 0.15) is 39.0 Å². The van der Waals surface area contributed by atoms with Gasteiger partial charge in [0, 0.05) is 25.0 Å². The Morgan fingerprint density at radius 2 is 1.94 bits per heavy atom. The minimum atomic E-state index is 0.287. The molecule has 3 heteroatoms. The maximum Gasteiger partial charge on any atom is 0.222 e. The minimum Gasteiger partial charge on any atom is -0.338 e. The molecule has 0 saturated carbocycles. The van der Waals surface area contributed by atoms with Crippen molar-refractivity contribution in [1.82, 2.24) is 9.80 Å². The Balaban J connectivity index is 2.00. The van der Waals surface area contributed by atoms with Gasteiger partial charge in [-0.2, -0.15) is 0 Å². The first kappa shape index (κ1) is 11.9. The van der Waals surface area contributed by atoms with Crippen molar-refractivity contribution in [2.24, 2.45) is 0 Å². The third kappa shape index (κ3) is 2.24. The lowest BCUT2D eigenvalue weighted by Gasteiger charge is -2.37. The van der Waals surface area contributed by atoms with Crippen molar-refractivity contribution in [1.29, 1.82) is 0 Å². The van der Waals surface area contributed by atoms with E-state index in [1.807, 2.05) is 0 Å². The highest BCUT2D eigenvalue weighted by Crippen LogP contribution is 2.23. The van der Waals surface area contributed by atoms with E-state index >= 15 is 0 Å². The normalized spacial score (nSPS) is 26.4. The summed E-state index contributed by atoms with van der Waals surface area (Å²) in [5.41, 5.74) is 0. The largest absolute Gasteiger partial charge is 0.338 e. The van der Waals surface area contributed by atoms with Crippen molar-refractivity contribution in [3.63, 3.8) is 0 Å². The molecule has 0 aromatic carbocycles. The third-order valence-electron chi connectivity index (χ3n) is 3.98. The number of carbonyl (C=O) groups is 1. The molecular formula is C13H23N2O. The molecule has 0 bridgehead atoms. The van der Waals surface area contributed by atoms with Crippen molar-refractivity contribution in [3.05, 3.63) is 6.92 Å². The van der Waals surface area contributed by atoms with E-state index in [1.165, 1.54) is 12.8 Å². The summed E-state index contributed by atoms with van der Waals surface area (Å²) in [6.07, 6.45) is 5.37. The zero-order chi connectivity index (χ0) is 11.5. The van der Waals surface area contributed by atoms with Crippen LogP contribution < -0.4 is 0 Å². The Hall–Kier alpha value is -0.570. The maximum absolute atomic E-state index is 11.8. The Labute approximate surface area is 98.8 Å². The second-order valence-electron chi connectivity index (χ2n) is 4.98. The molecule has 91 valence electrons. The highest BCUT2D eigenvalue weighted by molar-refractivity contribution is 5.78. The second kappa shape index (κ2) is 5.17. The van der Waals surface area contributed by atoms with Gasteiger partial charge in [0.25, 0.3) is 0 Å². The van der Waals surface area contributed by atoms with Gasteiger partial charge in [-0.15, -0.1) is 0 Å². The van der Waals surface area contributed by atoms with E-state index in [9.17, 15) is 4.79 Å². The minimum absolute atomic E-state index is 0.287. The van der Waals surface area contributed by atoms with Gasteiger partial charge in [-0.3, -0.25) is 9.69 Å². The van der Waals surface area contributed by atoms with E-state index in [-0.39, 0.29) is 6.04 Å². The fourth-order valence-electron chi connectivity index (χ4n) is 3.04. The van der Waals surface area contributed by atoms with Crippen LogP contribution in [0, 0.1) is 6.92 Å². The number of amides is 1. The zero-order valence-electron chi connectivity index (χ0n) is 10.3. The van der Waals surface area contributed by atoms with Crippen molar-refractivity contribution < 1.29 is 4.79 Å². The van der Waals surface area contributed by atoms with Gasteiger partial charge in [0.15, 0.2) is 0 Å². The van der Waals surface area contributed by atoms with E-state index in [4.69, 9.17) is 0 Å². The molecule has 0 N–H and O–H groups in total. The Bertz CT molecular complexity index is 248. The lowest BCUT2D eigenvalue weighted by molar-refractivity contribution is -0.130. The summed E-state index contributed by atoms with van der Waals surface area (Å²) in [7, 11) is 0. The molecule has 0 aromatic heterocycles. The predicted octanol–water partition coefficient (Wildman–Crippen LogP) is 1.69. The van der Waals surface area contributed by atoms with Gasteiger partial charge in [0.1, 0.15) is 0 Å². The lowest BCUT2D eigenvalue weighted by Crippen LogP contribution is -2.50. The highest BCUT2D eigenvalue weighted by atomic mass is 16.2. The first-order chi connectivity index (χ1) is 7.74. The number of likely N-dealkylation sites (tertiary alicyclic amines) is 2. The van der Waals surface area contributed by atoms with Gasteiger partial charge >= 0.3 is 0 Å². The van der Waals surface area contributed by atoms with E-state index in [2.05, 4.69) is 23.6 Å². The van der Waals surface area contributed by atoms with E-state index < -0.39 is 0 Å². The van der Waals surface area contributed by atoms with Crippen LogP contribution in [0.4, 0.5) is 0 Å². The third-order valence-corrected chi connectivity index (χ3v) is 3.98. The summed E-state index contributed by atoms with van der Waals surface area (Å²) < 4.78 is 0. The van der Waals surface area contributed by atoms with Gasteiger partial charge in [-0.1, -0.05) is 6.92 Å². The van der Waals surface area contributed by atoms with Crippen LogP contribution in [0.25, 0.3) is 0 Å². The fourth-order valence-corrected chi connectivity index (χ4v) is 3.04. The van der Waals surface area contributed by atoms with Crippen LogP contribution in [0.15, 0.2) is 0 Å². The van der Waals surface area contributed by atoms with Crippen molar-refractivity contribution in [3.8, 4) is 0 Å². The monoisotopic (exact) mass is 223 g/mol. The van der Waals surface area contributed by atoms with Crippen LogP contribution in [0.2, 0.25) is 0 Å². The Morgan fingerprint density at radius 3 is 2.44 bits per heavy atom. The average Bonchev–Trinajstić information content (AvgIpc) is 2.91. The molecule has 2 aliphatic rings. The van der Waals surface area contributed by atoms with E-state index in [0.29, 0.717) is 11.9 Å². The molecule has 2 fully saturated rings. The van der Waals surface area contributed by atoms with Crippen molar-refractivity contribution in [2.75, 3.05) is 19.6 Å². The molecule has 0 aromatic rings. The van der Waals surface area contributed by atoms with Crippen molar-refractivity contribution in [2.45, 2.75) is 51.1 Å². The fraction of sp³-hybridized carbons (Fsp3) is 0.846. The zero-order valence-corrected chi connectivity index (χ0v) is 10.3. The molecule has 1 amide bonds. The Morgan fingerprint density at radius 1 is 1.25 bits per heavy atom. The van der Waals surface area contributed by atoms with Crippen molar-refractivity contribution >= 4 is 5.91 Å². The molecule has 2 rings (SSSR count). The molecule has 3 nitrogen and oxygen atoms in total. The van der Waals surface area contributed by atoms with E-state index in [0.717, 1.165) is 38.9 Å². The average molecular weight is 223 g/mol. The first-order valence-corrected chi connectivity index (χ1v) is 6.60. The maximum atomic E-state index is 11.8. The molecule has 0 aliphatic carbocycles. The number of hydrogen-bond acceptors (Lipinski definition) is 2. The van der Waals surface area contributed by atoms with Crippen LogP contribution in [0.3, 0.4) is 0 Å². The summed E-state index contributed by atoms with van der Waals surface area (Å²) >= 11 is 0. The molecule has 2 unspecified atom stereocenters. The molecule has 1 radical (unpaired) electrons. The van der Waals surface area contributed by atoms with Gasteiger partial charge < -0.3 is 4.90 Å². The summed E-state index contributed by atoms with van der Waals surface area (Å²) in [5, 5.41) is 0. The summed E-state index contributed by atoms with van der Waals surface area (Å²) in [4.78, 5) is 16.3. The lowest BCUT2D eigenvalue weighted by atomic mass is 10.0. The molecule has 16 heavy (non-hydrogen) atoms. The molecule has 2 aliphatic heterocycles. The first-order valence-electron chi connectivity index (χ1n) is 6.60. The van der Waals surface area contributed by atoms with Crippen LogP contribution in [-0.2, 0) is 4.79 Å². The van der Waals surface area contributed by atoms with Gasteiger partial charge in [-0.25, -0.2) is 0 Å². The molecule has 2 heterocycles. The second-order valence-corrected chi connectivity index (χ2v) is 4.98. The predicted molar refractivity (Wildman–Crippen MR) is 65.0 cm³/mol. The molecular weight excluding hydrogens is 200 g/mol. The number of nitrogens with zero attached hydrogens (tertiary/aromatic N) is 2. The molecule has 2 atom stereocenters. The van der Waals surface area contributed by atoms with Gasteiger partial charge in [0.2, 0.25) is 5.91 Å². The van der Waals surface area contributed by atoms with Crippen LogP contribution in [-0.4, -0.2) is 47.4 Å².